The maximum Gasteiger partial charge on any atom is 0.322 e. The summed E-state index contributed by atoms with van der Waals surface area (Å²) < 4.78 is 9.77. The van der Waals surface area contributed by atoms with Gasteiger partial charge in [-0.2, -0.15) is 0 Å². The number of nitrogens with two attached hydrogens (primary N) is 1. The van der Waals surface area contributed by atoms with Crippen molar-refractivity contribution in [2.24, 2.45) is 5.73 Å². The van der Waals surface area contributed by atoms with Crippen molar-refractivity contribution in [2.45, 2.75) is 18.9 Å². The molecule has 1 aromatic rings. The Balaban J connectivity index is 2.57. The number of rotatable bonds is 5. The molecule has 0 aliphatic rings. The Bertz CT molecular complexity index is 352. The van der Waals surface area contributed by atoms with Gasteiger partial charge in [-0.3, -0.25) is 4.79 Å². The van der Waals surface area contributed by atoms with E-state index in [4.69, 9.17) is 10.5 Å². The van der Waals surface area contributed by atoms with Crippen LogP contribution in [0.15, 0.2) is 24.3 Å². The lowest BCUT2D eigenvalue weighted by molar-refractivity contribution is -0.142. The van der Waals surface area contributed by atoms with E-state index in [9.17, 15) is 4.79 Å². The van der Waals surface area contributed by atoms with Crippen LogP contribution in [0.5, 0.6) is 5.75 Å². The van der Waals surface area contributed by atoms with E-state index in [0.717, 1.165) is 11.3 Å². The maximum absolute atomic E-state index is 11.1. The topological polar surface area (TPSA) is 61.5 Å². The summed E-state index contributed by atoms with van der Waals surface area (Å²) in [7, 11) is 2.96. The number of carbonyl (C=O) groups excluding carboxylic acids is 1. The van der Waals surface area contributed by atoms with E-state index in [2.05, 4.69) is 4.74 Å². The number of benzene rings is 1. The molecule has 4 nitrogen and oxygen atoms in total. The number of hydrogen-bond acceptors (Lipinski definition) is 4. The van der Waals surface area contributed by atoms with Gasteiger partial charge in [0.05, 0.1) is 14.2 Å². The van der Waals surface area contributed by atoms with E-state index in [1.54, 1.807) is 7.11 Å². The molecule has 16 heavy (non-hydrogen) atoms. The molecular formula is C12H17NO3. The van der Waals surface area contributed by atoms with Gasteiger partial charge in [0.15, 0.2) is 0 Å². The number of esters is 1. The van der Waals surface area contributed by atoms with E-state index in [-0.39, 0.29) is 5.97 Å². The molecule has 0 bridgehead atoms. The molecule has 1 atom stereocenters. The normalized spacial score (nSPS) is 11.9. The molecule has 0 aromatic heterocycles. The van der Waals surface area contributed by atoms with Crippen molar-refractivity contribution in [1.82, 2.24) is 0 Å². The van der Waals surface area contributed by atoms with Crippen LogP contribution < -0.4 is 10.5 Å². The highest BCUT2D eigenvalue weighted by atomic mass is 16.5. The van der Waals surface area contributed by atoms with Crippen molar-refractivity contribution in [3.63, 3.8) is 0 Å². The number of aryl methyl sites for hydroxylation is 1. The Morgan fingerprint density at radius 1 is 1.38 bits per heavy atom. The molecule has 1 unspecified atom stereocenters. The molecule has 0 amide bonds. The summed E-state index contributed by atoms with van der Waals surface area (Å²) in [5.41, 5.74) is 6.70. The van der Waals surface area contributed by atoms with Gasteiger partial charge in [0.2, 0.25) is 0 Å². The quantitative estimate of drug-likeness (QED) is 0.760. The highest BCUT2D eigenvalue weighted by molar-refractivity contribution is 5.75. The SMILES string of the molecule is COC(=O)C(N)CCc1ccccc1OC. The first-order valence-corrected chi connectivity index (χ1v) is 5.14. The number of ether oxygens (including phenoxy) is 2. The van der Waals surface area contributed by atoms with Gasteiger partial charge in [-0.15, -0.1) is 0 Å². The van der Waals surface area contributed by atoms with Gasteiger partial charge < -0.3 is 15.2 Å². The van der Waals surface area contributed by atoms with Crippen LogP contribution in [0.3, 0.4) is 0 Å². The average Bonchev–Trinajstić information content (AvgIpc) is 2.35. The Kier molecular flexibility index (Phi) is 4.79. The first kappa shape index (κ1) is 12.5. The standard InChI is InChI=1S/C12H17NO3/c1-15-11-6-4-3-5-9(11)7-8-10(13)12(14)16-2/h3-6,10H,7-8,13H2,1-2H3. The average molecular weight is 223 g/mol. The molecule has 0 aliphatic heterocycles. The predicted molar refractivity (Wildman–Crippen MR) is 61.3 cm³/mol. The first-order valence-electron chi connectivity index (χ1n) is 5.14. The predicted octanol–water partition coefficient (Wildman–Crippen LogP) is 1.13. The van der Waals surface area contributed by atoms with Crippen molar-refractivity contribution in [3.8, 4) is 5.75 Å². The molecule has 0 saturated heterocycles. The van der Waals surface area contributed by atoms with E-state index in [1.165, 1.54) is 7.11 Å². The monoisotopic (exact) mass is 223 g/mol. The summed E-state index contributed by atoms with van der Waals surface area (Å²) in [6.07, 6.45) is 1.24. The van der Waals surface area contributed by atoms with Crippen LogP contribution in [0, 0.1) is 0 Å². The van der Waals surface area contributed by atoms with Gasteiger partial charge in [-0.25, -0.2) is 0 Å². The minimum absolute atomic E-state index is 0.380. The van der Waals surface area contributed by atoms with Gasteiger partial charge >= 0.3 is 5.97 Å². The van der Waals surface area contributed by atoms with Crippen LogP contribution >= 0.6 is 0 Å². The zero-order chi connectivity index (χ0) is 12.0. The molecule has 0 heterocycles. The first-order chi connectivity index (χ1) is 7.69. The second kappa shape index (κ2) is 6.12. The Morgan fingerprint density at radius 2 is 2.06 bits per heavy atom. The fourth-order valence-corrected chi connectivity index (χ4v) is 1.49. The molecule has 4 heteroatoms. The molecule has 1 aromatic carbocycles. The molecule has 0 radical (unpaired) electrons. The van der Waals surface area contributed by atoms with E-state index in [1.807, 2.05) is 24.3 Å². The highest BCUT2D eigenvalue weighted by Crippen LogP contribution is 2.19. The summed E-state index contributed by atoms with van der Waals surface area (Å²) >= 11 is 0. The molecule has 0 saturated carbocycles. The molecular weight excluding hydrogens is 206 g/mol. The third-order valence-electron chi connectivity index (χ3n) is 2.42. The zero-order valence-electron chi connectivity index (χ0n) is 9.60. The van der Waals surface area contributed by atoms with Crippen molar-refractivity contribution in [2.75, 3.05) is 14.2 Å². The Morgan fingerprint density at radius 3 is 2.69 bits per heavy atom. The van der Waals surface area contributed by atoms with Gasteiger partial charge in [-0.1, -0.05) is 18.2 Å². The van der Waals surface area contributed by atoms with Crippen LogP contribution in [-0.2, 0) is 16.0 Å². The third-order valence-corrected chi connectivity index (χ3v) is 2.42. The lowest BCUT2D eigenvalue weighted by atomic mass is 10.0. The fourth-order valence-electron chi connectivity index (χ4n) is 1.49. The van der Waals surface area contributed by atoms with Crippen molar-refractivity contribution >= 4 is 5.97 Å². The Hall–Kier alpha value is -1.55. The van der Waals surface area contributed by atoms with Gasteiger partial charge in [0.25, 0.3) is 0 Å². The number of para-hydroxylation sites is 1. The zero-order valence-corrected chi connectivity index (χ0v) is 9.60. The van der Waals surface area contributed by atoms with Crippen molar-refractivity contribution < 1.29 is 14.3 Å². The molecule has 0 fully saturated rings. The van der Waals surface area contributed by atoms with Crippen LogP contribution in [0.4, 0.5) is 0 Å². The third kappa shape index (κ3) is 3.24. The highest BCUT2D eigenvalue weighted by Gasteiger charge is 2.14. The van der Waals surface area contributed by atoms with Gasteiger partial charge in [0, 0.05) is 0 Å². The second-order valence-electron chi connectivity index (χ2n) is 3.48. The Labute approximate surface area is 95.3 Å². The van der Waals surface area contributed by atoms with Crippen LogP contribution in [0.25, 0.3) is 0 Å². The number of carbonyl (C=O) groups is 1. The van der Waals surface area contributed by atoms with Crippen molar-refractivity contribution in [3.05, 3.63) is 29.8 Å². The van der Waals surface area contributed by atoms with E-state index >= 15 is 0 Å². The molecule has 0 spiro atoms. The largest absolute Gasteiger partial charge is 0.496 e. The molecule has 0 aliphatic carbocycles. The van der Waals surface area contributed by atoms with Crippen LogP contribution in [0.1, 0.15) is 12.0 Å². The maximum atomic E-state index is 11.1. The molecule has 88 valence electrons. The summed E-state index contributed by atoms with van der Waals surface area (Å²) in [6.45, 7) is 0. The second-order valence-corrected chi connectivity index (χ2v) is 3.48. The fraction of sp³-hybridized carbons (Fsp3) is 0.417. The molecule has 1 rings (SSSR count). The molecule has 2 N–H and O–H groups in total. The lowest BCUT2D eigenvalue weighted by Crippen LogP contribution is -2.31. The minimum Gasteiger partial charge on any atom is -0.496 e. The van der Waals surface area contributed by atoms with E-state index < -0.39 is 6.04 Å². The van der Waals surface area contributed by atoms with E-state index in [0.29, 0.717) is 12.8 Å². The minimum atomic E-state index is -0.574. The van der Waals surface area contributed by atoms with Crippen molar-refractivity contribution in [1.29, 1.82) is 0 Å². The van der Waals surface area contributed by atoms with Crippen LogP contribution in [0.2, 0.25) is 0 Å². The summed E-state index contributed by atoms with van der Waals surface area (Å²) in [5, 5.41) is 0. The van der Waals surface area contributed by atoms with Gasteiger partial charge in [-0.05, 0) is 24.5 Å². The smallest absolute Gasteiger partial charge is 0.322 e. The summed E-state index contributed by atoms with van der Waals surface area (Å²) in [6, 6.07) is 7.11. The lowest BCUT2D eigenvalue weighted by Gasteiger charge is -2.11. The summed E-state index contributed by atoms with van der Waals surface area (Å²) in [5.74, 6) is 0.439. The summed E-state index contributed by atoms with van der Waals surface area (Å²) in [4.78, 5) is 11.1. The number of hydrogen-bond donors (Lipinski definition) is 1. The number of methoxy groups -OCH3 is 2. The van der Waals surface area contributed by atoms with Crippen LogP contribution in [-0.4, -0.2) is 26.2 Å². The van der Waals surface area contributed by atoms with Gasteiger partial charge in [0.1, 0.15) is 11.8 Å².